The molecule has 0 spiro atoms. The Labute approximate surface area is 144 Å². The van der Waals surface area contributed by atoms with Crippen LogP contribution in [0.1, 0.15) is 37.3 Å². The fraction of sp³-hybridized carbons (Fsp3) is 0.316. The van der Waals surface area contributed by atoms with E-state index in [1.165, 1.54) is 0 Å². The molecule has 0 saturated carbocycles. The van der Waals surface area contributed by atoms with Crippen molar-refractivity contribution in [3.05, 3.63) is 59.7 Å². The second kappa shape index (κ2) is 7.62. The Kier molecular flexibility index (Phi) is 5.78. The summed E-state index contributed by atoms with van der Waals surface area (Å²) in [5, 5.41) is 0. The van der Waals surface area contributed by atoms with E-state index in [1.807, 2.05) is 20.8 Å². The quantitative estimate of drug-likeness (QED) is 0.788. The van der Waals surface area contributed by atoms with Crippen molar-refractivity contribution in [1.29, 1.82) is 0 Å². The average Bonchev–Trinajstić information content (AvgIpc) is 2.55. The van der Waals surface area contributed by atoms with Crippen LogP contribution in [-0.2, 0) is 14.8 Å². The molecule has 2 aromatic carbocycles. The van der Waals surface area contributed by atoms with Crippen LogP contribution in [0, 0.1) is 13.8 Å². The number of amides is 1. The van der Waals surface area contributed by atoms with Crippen LogP contribution in [0.15, 0.2) is 53.4 Å². The molecule has 0 aromatic heterocycles. The van der Waals surface area contributed by atoms with Crippen molar-refractivity contribution in [2.45, 2.75) is 44.9 Å². The molecule has 0 bridgehead atoms. The van der Waals surface area contributed by atoms with Crippen molar-refractivity contribution < 1.29 is 13.2 Å². The normalized spacial score (nSPS) is 11.3. The molecule has 0 aliphatic heterocycles. The summed E-state index contributed by atoms with van der Waals surface area (Å²) in [5.74, 6) is -0.402. The third-order valence-electron chi connectivity index (χ3n) is 3.80. The molecule has 0 N–H and O–H groups in total. The first-order valence-electron chi connectivity index (χ1n) is 8.07. The highest BCUT2D eigenvalue weighted by atomic mass is 32.2. The van der Waals surface area contributed by atoms with Gasteiger partial charge in [-0.1, -0.05) is 48.7 Å². The summed E-state index contributed by atoms with van der Waals surface area (Å²) in [6.45, 7) is 5.78. The molecule has 24 heavy (non-hydrogen) atoms. The number of aryl methyl sites for hydroxylation is 2. The van der Waals surface area contributed by atoms with Gasteiger partial charge in [0.05, 0.1) is 10.6 Å². The van der Waals surface area contributed by atoms with Gasteiger partial charge in [0, 0.05) is 6.42 Å². The van der Waals surface area contributed by atoms with Crippen LogP contribution in [-0.4, -0.2) is 14.3 Å². The third-order valence-corrected chi connectivity index (χ3v) is 5.56. The molecule has 0 unspecified atom stereocenters. The maximum atomic E-state index is 13.0. The van der Waals surface area contributed by atoms with Gasteiger partial charge in [-0.05, 0) is 44.5 Å². The lowest BCUT2D eigenvalue weighted by atomic mass is 10.2. The standard InChI is InChI=1S/C19H23NO3S/c1-4-5-6-19(21)20(17-11-7-15(2)8-12-17)24(22,23)18-13-9-16(3)10-14-18/h7-14H,4-6H2,1-3H3. The van der Waals surface area contributed by atoms with E-state index in [9.17, 15) is 13.2 Å². The van der Waals surface area contributed by atoms with Gasteiger partial charge in [-0.25, -0.2) is 12.7 Å². The number of nitrogens with zero attached hydrogens (tertiary/aromatic N) is 1. The number of rotatable bonds is 6. The summed E-state index contributed by atoms with van der Waals surface area (Å²) in [6, 6.07) is 13.5. The second-order valence-corrected chi connectivity index (χ2v) is 7.70. The SMILES string of the molecule is CCCCC(=O)N(c1ccc(C)cc1)S(=O)(=O)c1ccc(C)cc1. The van der Waals surface area contributed by atoms with Gasteiger partial charge in [-0.15, -0.1) is 0 Å². The fourth-order valence-corrected chi connectivity index (χ4v) is 3.79. The summed E-state index contributed by atoms with van der Waals surface area (Å²) < 4.78 is 27.0. The molecule has 2 rings (SSSR count). The largest absolute Gasteiger partial charge is 0.273 e. The predicted octanol–water partition coefficient (Wildman–Crippen LogP) is 4.22. The molecule has 0 radical (unpaired) electrons. The van der Waals surface area contributed by atoms with E-state index in [2.05, 4.69) is 0 Å². The van der Waals surface area contributed by atoms with Crippen LogP contribution in [0.4, 0.5) is 5.69 Å². The summed E-state index contributed by atoms with van der Waals surface area (Å²) >= 11 is 0. The summed E-state index contributed by atoms with van der Waals surface area (Å²) in [7, 11) is -3.93. The van der Waals surface area contributed by atoms with E-state index in [0.717, 1.165) is 21.9 Å². The number of carbonyl (C=O) groups excluding carboxylic acids is 1. The smallest absolute Gasteiger partial charge is 0.270 e. The van der Waals surface area contributed by atoms with E-state index in [4.69, 9.17) is 0 Å². The van der Waals surface area contributed by atoms with Crippen LogP contribution < -0.4 is 4.31 Å². The maximum absolute atomic E-state index is 13.0. The van der Waals surface area contributed by atoms with E-state index in [0.29, 0.717) is 12.1 Å². The van der Waals surface area contributed by atoms with Gasteiger partial charge >= 0.3 is 0 Å². The minimum absolute atomic E-state index is 0.124. The highest BCUT2D eigenvalue weighted by Crippen LogP contribution is 2.25. The van der Waals surface area contributed by atoms with Crippen LogP contribution in [0.25, 0.3) is 0 Å². The maximum Gasteiger partial charge on any atom is 0.270 e. The number of unbranched alkanes of at least 4 members (excludes halogenated alkanes) is 1. The van der Waals surface area contributed by atoms with Crippen LogP contribution in [0.5, 0.6) is 0 Å². The van der Waals surface area contributed by atoms with Gasteiger partial charge < -0.3 is 0 Å². The molecule has 0 saturated heterocycles. The van der Waals surface area contributed by atoms with Gasteiger partial charge in [0.2, 0.25) is 5.91 Å². The van der Waals surface area contributed by atoms with Gasteiger partial charge in [0.15, 0.2) is 0 Å². The number of benzene rings is 2. The first-order valence-corrected chi connectivity index (χ1v) is 9.51. The van der Waals surface area contributed by atoms with Gasteiger partial charge in [0.1, 0.15) is 0 Å². The van der Waals surface area contributed by atoms with Crippen molar-refractivity contribution in [2.75, 3.05) is 4.31 Å². The minimum Gasteiger partial charge on any atom is -0.273 e. The van der Waals surface area contributed by atoms with Crippen LogP contribution in [0.2, 0.25) is 0 Å². The average molecular weight is 345 g/mol. The van der Waals surface area contributed by atoms with E-state index in [-0.39, 0.29) is 11.3 Å². The van der Waals surface area contributed by atoms with Crippen molar-refractivity contribution in [1.82, 2.24) is 0 Å². The number of hydrogen-bond donors (Lipinski definition) is 0. The van der Waals surface area contributed by atoms with Crippen molar-refractivity contribution in [2.24, 2.45) is 0 Å². The molecular weight excluding hydrogens is 322 g/mol. The lowest BCUT2D eigenvalue weighted by molar-refractivity contribution is -0.117. The first kappa shape index (κ1) is 18.2. The molecule has 4 nitrogen and oxygen atoms in total. The van der Waals surface area contributed by atoms with Crippen molar-refractivity contribution in [3.63, 3.8) is 0 Å². The molecule has 0 aliphatic rings. The zero-order chi connectivity index (χ0) is 17.7. The highest BCUT2D eigenvalue weighted by Gasteiger charge is 2.30. The van der Waals surface area contributed by atoms with E-state index >= 15 is 0 Å². The third kappa shape index (κ3) is 4.03. The Balaban J connectivity index is 2.50. The zero-order valence-corrected chi connectivity index (χ0v) is 15.1. The molecule has 2 aromatic rings. The summed E-state index contributed by atoms with van der Waals surface area (Å²) in [5.41, 5.74) is 2.35. The van der Waals surface area contributed by atoms with E-state index in [1.54, 1.807) is 48.5 Å². The Bertz CT molecular complexity index is 794. The van der Waals surface area contributed by atoms with Crippen molar-refractivity contribution >= 4 is 21.6 Å². The molecular formula is C19H23NO3S. The number of hydrogen-bond acceptors (Lipinski definition) is 3. The Morgan fingerprint density at radius 1 is 0.917 bits per heavy atom. The molecule has 0 atom stereocenters. The Morgan fingerprint density at radius 2 is 1.42 bits per heavy atom. The molecule has 0 heterocycles. The molecule has 1 amide bonds. The molecule has 0 fully saturated rings. The topological polar surface area (TPSA) is 54.5 Å². The summed E-state index contributed by atoms with van der Waals surface area (Å²) in [6.07, 6.45) is 1.69. The minimum atomic E-state index is -3.93. The molecule has 5 heteroatoms. The monoisotopic (exact) mass is 345 g/mol. The lowest BCUT2D eigenvalue weighted by Gasteiger charge is -2.23. The number of anilines is 1. The summed E-state index contributed by atoms with van der Waals surface area (Å²) in [4.78, 5) is 12.7. The molecule has 0 aliphatic carbocycles. The van der Waals surface area contributed by atoms with Crippen molar-refractivity contribution in [3.8, 4) is 0 Å². The van der Waals surface area contributed by atoms with Gasteiger partial charge in [-0.2, -0.15) is 0 Å². The highest BCUT2D eigenvalue weighted by molar-refractivity contribution is 7.93. The second-order valence-electron chi connectivity index (χ2n) is 5.92. The lowest BCUT2D eigenvalue weighted by Crippen LogP contribution is -2.36. The zero-order valence-electron chi connectivity index (χ0n) is 14.3. The van der Waals surface area contributed by atoms with Gasteiger partial charge in [0.25, 0.3) is 10.0 Å². The molecule has 128 valence electrons. The van der Waals surface area contributed by atoms with E-state index < -0.39 is 15.9 Å². The van der Waals surface area contributed by atoms with Gasteiger partial charge in [-0.3, -0.25) is 4.79 Å². The van der Waals surface area contributed by atoms with Crippen LogP contribution >= 0.6 is 0 Å². The Morgan fingerprint density at radius 3 is 1.92 bits per heavy atom. The fourth-order valence-electron chi connectivity index (χ4n) is 2.34. The first-order chi connectivity index (χ1) is 11.4. The predicted molar refractivity (Wildman–Crippen MR) is 96.6 cm³/mol. The Hall–Kier alpha value is -2.14. The number of sulfonamides is 1. The number of carbonyl (C=O) groups is 1. The van der Waals surface area contributed by atoms with Crippen LogP contribution in [0.3, 0.4) is 0 Å².